The Bertz CT molecular complexity index is 1240. The van der Waals surface area contributed by atoms with Crippen molar-refractivity contribution < 1.29 is 23.5 Å². The molecule has 0 bridgehead atoms. The number of ether oxygens (including phenoxy) is 1. The number of hydrogen-bond acceptors (Lipinski definition) is 6. The van der Waals surface area contributed by atoms with E-state index in [0.717, 1.165) is 0 Å². The van der Waals surface area contributed by atoms with Crippen LogP contribution in [0.25, 0.3) is 0 Å². The summed E-state index contributed by atoms with van der Waals surface area (Å²) in [7, 11) is 1.80. The largest absolute Gasteiger partial charge is 0.372 e. The molecule has 4 heterocycles. The molecule has 170 valence electrons. The zero-order valence-corrected chi connectivity index (χ0v) is 18.3. The van der Waals surface area contributed by atoms with Gasteiger partial charge in [0, 0.05) is 38.0 Å². The van der Waals surface area contributed by atoms with Crippen LogP contribution >= 0.6 is 0 Å². The molecule has 4 amide bonds. The first-order chi connectivity index (χ1) is 15.7. The van der Waals surface area contributed by atoms with E-state index in [-0.39, 0.29) is 19.1 Å². The average Bonchev–Trinajstić information content (AvgIpc) is 3.14. The van der Waals surface area contributed by atoms with Crippen molar-refractivity contribution in [3.05, 3.63) is 47.3 Å². The summed E-state index contributed by atoms with van der Waals surface area (Å²) in [5.41, 5.74) is -0.465. The summed E-state index contributed by atoms with van der Waals surface area (Å²) in [5, 5.41) is 4.44. The second-order valence-corrected chi connectivity index (χ2v) is 8.71. The summed E-state index contributed by atoms with van der Waals surface area (Å²) >= 11 is 0. The molecule has 0 saturated carbocycles. The molecule has 9 nitrogen and oxygen atoms in total. The van der Waals surface area contributed by atoms with Crippen molar-refractivity contribution in [2.45, 2.75) is 38.5 Å². The fraction of sp³-hybridized carbons (Fsp3) is 0.391. The Labute approximate surface area is 189 Å². The van der Waals surface area contributed by atoms with Crippen molar-refractivity contribution in [2.75, 3.05) is 11.4 Å². The highest BCUT2D eigenvalue weighted by Gasteiger charge is 2.63. The van der Waals surface area contributed by atoms with Crippen LogP contribution in [0, 0.1) is 23.1 Å². The van der Waals surface area contributed by atoms with Crippen LogP contribution in [-0.2, 0) is 27.8 Å². The lowest BCUT2D eigenvalue weighted by Gasteiger charge is -2.55. The molecule has 5 rings (SSSR count). The minimum absolute atomic E-state index is 0.0919. The lowest BCUT2D eigenvalue weighted by atomic mass is 9.66. The molecule has 3 aliphatic heterocycles. The molecule has 33 heavy (non-hydrogen) atoms. The SMILES string of the molecule is C[C@@H]1CN2c3c(F)cc(C#Cc4nccn4C)cc3CC3(C(=O)NC(=O)NC3=O)[C@H]2[C@H](C)O1. The molecule has 2 fully saturated rings. The van der Waals surface area contributed by atoms with E-state index >= 15 is 4.39 Å². The number of rotatable bonds is 0. The van der Waals surface area contributed by atoms with Crippen molar-refractivity contribution in [3.8, 4) is 11.8 Å². The number of imide groups is 2. The van der Waals surface area contributed by atoms with Crippen LogP contribution in [0.4, 0.5) is 14.9 Å². The monoisotopic (exact) mass is 451 g/mol. The highest BCUT2D eigenvalue weighted by molar-refractivity contribution is 6.20. The van der Waals surface area contributed by atoms with Gasteiger partial charge in [0.2, 0.25) is 11.8 Å². The molecule has 2 saturated heterocycles. The molecule has 1 aromatic heterocycles. The number of nitrogens with one attached hydrogen (secondary N) is 2. The predicted molar refractivity (Wildman–Crippen MR) is 115 cm³/mol. The maximum Gasteiger partial charge on any atom is 0.328 e. The van der Waals surface area contributed by atoms with Crippen molar-refractivity contribution >= 4 is 23.5 Å². The molecule has 3 aliphatic rings. The minimum atomic E-state index is -1.65. The third-order valence-corrected chi connectivity index (χ3v) is 6.49. The molecule has 3 atom stereocenters. The second-order valence-electron chi connectivity index (χ2n) is 8.71. The first-order valence-electron chi connectivity index (χ1n) is 10.6. The number of carbonyl (C=O) groups is 3. The standard InChI is InChI=1S/C23H22FN5O4/c1-12-11-29-18-15(8-14(9-16(18)24)4-5-17-25-6-7-28(17)3)10-23(19(29)13(2)33-12)20(30)26-22(32)27-21(23)31/h6-9,12-13,19H,10-11H2,1-3H3,(H2,26,27,30,31,32)/t12-,13+,19-/m1/s1. The number of nitrogens with zero attached hydrogens (tertiary/aromatic N) is 3. The van der Waals surface area contributed by atoms with Crippen molar-refractivity contribution in [3.63, 3.8) is 0 Å². The topological polar surface area (TPSA) is 106 Å². The number of hydrogen-bond donors (Lipinski definition) is 2. The molecule has 2 aromatic rings. The number of amides is 4. The fourth-order valence-electron chi connectivity index (χ4n) is 5.22. The molecule has 1 spiro atoms. The number of barbiturate groups is 1. The van der Waals surface area contributed by atoms with Crippen molar-refractivity contribution in [1.29, 1.82) is 0 Å². The Morgan fingerprint density at radius 3 is 2.58 bits per heavy atom. The molecular formula is C23H22FN5O4. The number of carbonyl (C=O) groups excluding carboxylic acids is 3. The van der Waals surface area contributed by atoms with Crippen molar-refractivity contribution in [2.24, 2.45) is 12.5 Å². The predicted octanol–water partition coefficient (Wildman–Crippen LogP) is 0.850. The molecular weight excluding hydrogens is 429 g/mol. The highest BCUT2D eigenvalue weighted by Crippen LogP contribution is 2.47. The van der Waals surface area contributed by atoms with Crippen LogP contribution in [0.2, 0.25) is 0 Å². The third kappa shape index (κ3) is 3.19. The van der Waals surface area contributed by atoms with Gasteiger partial charge in [-0.2, -0.15) is 0 Å². The second kappa shape index (κ2) is 7.42. The minimum Gasteiger partial charge on any atom is -0.372 e. The van der Waals surface area contributed by atoms with Crippen molar-refractivity contribution in [1.82, 2.24) is 20.2 Å². The Morgan fingerprint density at radius 1 is 1.18 bits per heavy atom. The summed E-state index contributed by atoms with van der Waals surface area (Å²) in [5.74, 6) is 4.42. The van der Waals surface area contributed by atoms with E-state index in [9.17, 15) is 14.4 Å². The van der Waals surface area contributed by atoms with E-state index in [2.05, 4.69) is 27.5 Å². The Hall–Kier alpha value is -3.71. The number of imidazole rings is 1. The summed E-state index contributed by atoms with van der Waals surface area (Å²) in [4.78, 5) is 44.0. The van der Waals surface area contributed by atoms with E-state index in [1.165, 1.54) is 6.07 Å². The van der Waals surface area contributed by atoms with Gasteiger partial charge in [0.1, 0.15) is 5.82 Å². The Kier molecular flexibility index (Phi) is 4.76. The number of anilines is 1. The summed E-state index contributed by atoms with van der Waals surface area (Å²) in [6.07, 6.45) is 2.46. The van der Waals surface area contributed by atoms with Gasteiger partial charge in [0.15, 0.2) is 11.2 Å². The van der Waals surface area contributed by atoms with Gasteiger partial charge < -0.3 is 14.2 Å². The maximum atomic E-state index is 15.5. The molecule has 2 N–H and O–H groups in total. The molecule has 0 aliphatic carbocycles. The van der Waals surface area contributed by atoms with Gasteiger partial charge in [-0.05, 0) is 37.5 Å². The number of urea groups is 1. The van der Waals surface area contributed by atoms with Gasteiger partial charge in [-0.3, -0.25) is 20.2 Å². The van der Waals surface area contributed by atoms with E-state index in [1.807, 2.05) is 6.92 Å². The van der Waals surface area contributed by atoms with E-state index in [4.69, 9.17) is 4.74 Å². The van der Waals surface area contributed by atoms with Crippen LogP contribution in [0.3, 0.4) is 0 Å². The number of aryl methyl sites for hydroxylation is 1. The van der Waals surface area contributed by atoms with Crippen LogP contribution in [0.5, 0.6) is 0 Å². The van der Waals surface area contributed by atoms with Crippen LogP contribution in [-0.4, -0.2) is 52.2 Å². The Balaban J connectivity index is 1.66. The first kappa shape index (κ1) is 21.2. The number of benzene rings is 1. The quantitative estimate of drug-likeness (QED) is 0.455. The lowest BCUT2D eigenvalue weighted by molar-refractivity contribution is -0.153. The van der Waals surface area contributed by atoms with Gasteiger partial charge in [0.25, 0.3) is 0 Å². The zero-order valence-electron chi connectivity index (χ0n) is 18.3. The number of fused-ring (bicyclic) bond motifs is 4. The zero-order chi connectivity index (χ0) is 23.5. The van der Waals surface area contributed by atoms with Gasteiger partial charge >= 0.3 is 6.03 Å². The van der Waals surface area contributed by atoms with Gasteiger partial charge in [-0.1, -0.05) is 5.92 Å². The smallest absolute Gasteiger partial charge is 0.328 e. The molecule has 0 unspecified atom stereocenters. The number of aromatic nitrogens is 2. The maximum absolute atomic E-state index is 15.5. The summed E-state index contributed by atoms with van der Waals surface area (Å²) < 4.78 is 23.2. The molecule has 0 radical (unpaired) electrons. The number of morpholine rings is 1. The van der Waals surface area contributed by atoms with E-state index in [0.29, 0.717) is 22.6 Å². The number of halogens is 1. The van der Waals surface area contributed by atoms with Gasteiger partial charge in [-0.25, -0.2) is 14.2 Å². The van der Waals surface area contributed by atoms with Gasteiger partial charge in [0.05, 0.1) is 23.9 Å². The summed E-state index contributed by atoms with van der Waals surface area (Å²) in [6, 6.07) is 1.38. The third-order valence-electron chi connectivity index (χ3n) is 6.49. The van der Waals surface area contributed by atoms with Crippen LogP contribution in [0.15, 0.2) is 24.5 Å². The normalized spacial score (nSPS) is 25.5. The molecule has 10 heteroatoms. The average molecular weight is 451 g/mol. The molecule has 1 aromatic carbocycles. The Morgan fingerprint density at radius 2 is 1.91 bits per heavy atom. The highest BCUT2D eigenvalue weighted by atomic mass is 19.1. The van der Waals surface area contributed by atoms with Gasteiger partial charge in [-0.15, -0.1) is 0 Å². The van der Waals surface area contributed by atoms with Crippen LogP contribution in [0.1, 0.15) is 30.8 Å². The van der Waals surface area contributed by atoms with Crippen LogP contribution < -0.4 is 15.5 Å². The lowest BCUT2D eigenvalue weighted by Crippen LogP contribution is -2.75. The van der Waals surface area contributed by atoms with E-state index < -0.39 is 41.2 Å². The first-order valence-corrected chi connectivity index (χ1v) is 10.6. The summed E-state index contributed by atoms with van der Waals surface area (Å²) in [6.45, 7) is 3.89. The fourth-order valence-corrected chi connectivity index (χ4v) is 5.22. The van der Waals surface area contributed by atoms with E-state index in [1.54, 1.807) is 41.9 Å².